The first-order valence-corrected chi connectivity index (χ1v) is 9.14. The SMILES string of the molecule is CN(CC1(CO)CCOCC1)C(=O)CC(c1ccccc1)c1ccco1. The van der Waals surface area contributed by atoms with Crippen molar-refractivity contribution in [2.24, 2.45) is 5.41 Å². The largest absolute Gasteiger partial charge is 0.469 e. The summed E-state index contributed by atoms with van der Waals surface area (Å²) < 4.78 is 11.0. The first kappa shape index (κ1) is 18.7. The van der Waals surface area contributed by atoms with Crippen LogP contribution in [0.2, 0.25) is 0 Å². The number of furan rings is 1. The molecule has 1 amide bonds. The summed E-state index contributed by atoms with van der Waals surface area (Å²) in [4.78, 5) is 14.7. The van der Waals surface area contributed by atoms with Crippen molar-refractivity contribution >= 4 is 5.91 Å². The summed E-state index contributed by atoms with van der Waals surface area (Å²) in [6, 6.07) is 13.7. The smallest absolute Gasteiger partial charge is 0.223 e. The van der Waals surface area contributed by atoms with Crippen LogP contribution < -0.4 is 0 Å². The molecule has 1 fully saturated rings. The average Bonchev–Trinajstić information content (AvgIpc) is 3.21. The van der Waals surface area contributed by atoms with E-state index >= 15 is 0 Å². The van der Waals surface area contributed by atoms with Crippen molar-refractivity contribution in [2.75, 3.05) is 33.4 Å². The molecule has 26 heavy (non-hydrogen) atoms. The predicted molar refractivity (Wildman–Crippen MR) is 98.8 cm³/mol. The first-order chi connectivity index (χ1) is 12.6. The van der Waals surface area contributed by atoms with E-state index in [9.17, 15) is 9.90 Å². The molecule has 1 aromatic heterocycles. The number of amides is 1. The molecule has 1 aliphatic heterocycles. The monoisotopic (exact) mass is 357 g/mol. The van der Waals surface area contributed by atoms with E-state index in [1.807, 2.05) is 49.5 Å². The first-order valence-electron chi connectivity index (χ1n) is 9.14. The number of rotatable bonds is 7. The van der Waals surface area contributed by atoms with Crippen LogP contribution in [0, 0.1) is 5.41 Å². The molecular formula is C21H27NO4. The molecule has 0 saturated carbocycles. The van der Waals surface area contributed by atoms with Gasteiger partial charge in [-0.1, -0.05) is 30.3 Å². The highest BCUT2D eigenvalue weighted by molar-refractivity contribution is 5.77. The lowest BCUT2D eigenvalue weighted by Crippen LogP contribution is -2.44. The van der Waals surface area contributed by atoms with Crippen LogP contribution in [-0.2, 0) is 9.53 Å². The zero-order chi connectivity index (χ0) is 18.4. The summed E-state index contributed by atoms with van der Waals surface area (Å²) in [7, 11) is 1.82. The van der Waals surface area contributed by atoms with Gasteiger partial charge in [0.2, 0.25) is 5.91 Å². The highest BCUT2D eigenvalue weighted by atomic mass is 16.5. The molecule has 1 unspecified atom stereocenters. The van der Waals surface area contributed by atoms with Crippen molar-refractivity contribution in [1.82, 2.24) is 4.90 Å². The maximum absolute atomic E-state index is 12.9. The Labute approximate surface area is 154 Å². The van der Waals surface area contributed by atoms with E-state index < -0.39 is 0 Å². The summed E-state index contributed by atoms with van der Waals surface area (Å²) >= 11 is 0. The molecular weight excluding hydrogens is 330 g/mol. The van der Waals surface area contributed by atoms with Crippen LogP contribution >= 0.6 is 0 Å². The van der Waals surface area contributed by atoms with Crippen LogP contribution in [0.15, 0.2) is 53.1 Å². The Morgan fingerprint density at radius 1 is 1.19 bits per heavy atom. The second-order valence-corrected chi connectivity index (χ2v) is 7.20. The molecule has 1 atom stereocenters. The summed E-state index contributed by atoms with van der Waals surface area (Å²) in [6.45, 7) is 1.91. The second kappa shape index (κ2) is 8.52. The van der Waals surface area contributed by atoms with Gasteiger partial charge in [-0.3, -0.25) is 4.79 Å². The quantitative estimate of drug-likeness (QED) is 0.827. The maximum Gasteiger partial charge on any atom is 0.223 e. The van der Waals surface area contributed by atoms with Gasteiger partial charge >= 0.3 is 0 Å². The molecule has 0 spiro atoms. The lowest BCUT2D eigenvalue weighted by atomic mass is 9.80. The number of aliphatic hydroxyl groups is 1. The Balaban J connectivity index is 1.71. The zero-order valence-electron chi connectivity index (χ0n) is 15.3. The van der Waals surface area contributed by atoms with Gasteiger partial charge in [-0.15, -0.1) is 0 Å². The molecule has 0 radical (unpaired) electrons. The van der Waals surface area contributed by atoms with Gasteiger partial charge in [0.05, 0.1) is 18.8 Å². The number of nitrogens with zero attached hydrogens (tertiary/aromatic N) is 1. The van der Waals surface area contributed by atoms with Crippen LogP contribution in [-0.4, -0.2) is 49.3 Å². The number of carbonyl (C=O) groups excluding carboxylic acids is 1. The number of carbonyl (C=O) groups is 1. The highest BCUT2D eigenvalue weighted by Gasteiger charge is 2.35. The molecule has 1 saturated heterocycles. The number of ether oxygens (including phenoxy) is 1. The van der Waals surface area contributed by atoms with Gasteiger partial charge in [-0.05, 0) is 30.5 Å². The topological polar surface area (TPSA) is 62.9 Å². The lowest BCUT2D eigenvalue weighted by Gasteiger charge is -2.38. The van der Waals surface area contributed by atoms with Crippen molar-refractivity contribution in [3.8, 4) is 0 Å². The molecule has 140 valence electrons. The van der Waals surface area contributed by atoms with Gasteiger partial charge in [0.1, 0.15) is 5.76 Å². The molecule has 1 aliphatic rings. The molecule has 5 nitrogen and oxygen atoms in total. The van der Waals surface area contributed by atoms with Crippen molar-refractivity contribution in [2.45, 2.75) is 25.2 Å². The fourth-order valence-electron chi connectivity index (χ4n) is 3.65. The summed E-state index contributed by atoms with van der Waals surface area (Å²) in [5.41, 5.74) is 0.808. The van der Waals surface area contributed by atoms with E-state index in [1.165, 1.54) is 0 Å². The summed E-state index contributed by atoms with van der Waals surface area (Å²) in [5.74, 6) is 0.733. The lowest BCUT2D eigenvalue weighted by molar-refractivity contribution is -0.133. The van der Waals surface area contributed by atoms with E-state index in [0.29, 0.717) is 26.2 Å². The normalized spacial score (nSPS) is 17.6. The summed E-state index contributed by atoms with van der Waals surface area (Å²) in [6.07, 6.45) is 3.54. The molecule has 3 rings (SSSR count). The molecule has 1 N–H and O–H groups in total. The Kier molecular flexibility index (Phi) is 6.12. The van der Waals surface area contributed by atoms with Crippen LogP contribution in [0.3, 0.4) is 0 Å². The van der Waals surface area contributed by atoms with Crippen LogP contribution in [0.5, 0.6) is 0 Å². The van der Waals surface area contributed by atoms with Crippen molar-refractivity contribution < 1.29 is 19.1 Å². The molecule has 5 heteroatoms. The van der Waals surface area contributed by atoms with Gasteiger partial charge in [0.25, 0.3) is 0 Å². The minimum atomic E-state index is -0.254. The van der Waals surface area contributed by atoms with Crippen LogP contribution in [0.25, 0.3) is 0 Å². The summed E-state index contributed by atoms with van der Waals surface area (Å²) in [5, 5.41) is 9.87. The Bertz CT molecular complexity index is 677. The molecule has 1 aromatic carbocycles. The van der Waals surface area contributed by atoms with E-state index in [-0.39, 0.29) is 23.8 Å². The van der Waals surface area contributed by atoms with Gasteiger partial charge < -0.3 is 19.2 Å². The maximum atomic E-state index is 12.9. The predicted octanol–water partition coefficient (Wildman–Crippen LogP) is 3.05. The number of benzene rings is 1. The zero-order valence-corrected chi connectivity index (χ0v) is 15.3. The Hall–Kier alpha value is -2.11. The third-order valence-corrected chi connectivity index (χ3v) is 5.35. The molecule has 0 bridgehead atoms. The van der Waals surface area contributed by atoms with Crippen LogP contribution in [0.4, 0.5) is 0 Å². The standard InChI is InChI=1S/C21H27NO4/c1-22(15-21(16-23)9-12-25-13-10-21)20(24)14-18(19-8-5-11-26-19)17-6-3-2-4-7-17/h2-8,11,18,23H,9-10,12-16H2,1H3. The third-order valence-electron chi connectivity index (χ3n) is 5.35. The minimum Gasteiger partial charge on any atom is -0.469 e. The molecule has 2 heterocycles. The number of hydrogen-bond donors (Lipinski definition) is 1. The minimum absolute atomic E-state index is 0.0505. The van der Waals surface area contributed by atoms with E-state index in [2.05, 4.69) is 0 Å². The van der Waals surface area contributed by atoms with Gasteiger partial charge in [-0.25, -0.2) is 0 Å². The van der Waals surface area contributed by atoms with Gasteiger partial charge in [0.15, 0.2) is 0 Å². The fourth-order valence-corrected chi connectivity index (χ4v) is 3.65. The highest BCUT2D eigenvalue weighted by Crippen LogP contribution is 2.32. The van der Waals surface area contributed by atoms with Crippen molar-refractivity contribution in [1.29, 1.82) is 0 Å². The second-order valence-electron chi connectivity index (χ2n) is 7.20. The van der Waals surface area contributed by atoms with Crippen LogP contribution in [0.1, 0.15) is 36.5 Å². The van der Waals surface area contributed by atoms with E-state index in [0.717, 1.165) is 24.2 Å². The van der Waals surface area contributed by atoms with Gasteiger partial charge in [0, 0.05) is 38.6 Å². The van der Waals surface area contributed by atoms with E-state index in [4.69, 9.17) is 9.15 Å². The van der Waals surface area contributed by atoms with Gasteiger partial charge in [-0.2, -0.15) is 0 Å². The van der Waals surface area contributed by atoms with Crippen molar-refractivity contribution in [3.63, 3.8) is 0 Å². The fraction of sp³-hybridized carbons (Fsp3) is 0.476. The Morgan fingerprint density at radius 2 is 1.92 bits per heavy atom. The van der Waals surface area contributed by atoms with E-state index in [1.54, 1.807) is 11.2 Å². The Morgan fingerprint density at radius 3 is 2.54 bits per heavy atom. The molecule has 0 aliphatic carbocycles. The van der Waals surface area contributed by atoms with Crippen molar-refractivity contribution in [3.05, 3.63) is 60.1 Å². The average molecular weight is 357 g/mol. The number of hydrogen-bond acceptors (Lipinski definition) is 4. The third kappa shape index (κ3) is 4.34. The number of aliphatic hydroxyl groups excluding tert-OH is 1. The molecule has 2 aromatic rings.